The molecule has 1 heterocycles. The number of aromatic nitrogens is 2. The van der Waals surface area contributed by atoms with Crippen LogP contribution < -0.4 is 9.47 Å². The zero-order valence-electron chi connectivity index (χ0n) is 14.8. The topological polar surface area (TPSA) is 108 Å². The van der Waals surface area contributed by atoms with Gasteiger partial charge in [-0.3, -0.25) is 0 Å². The van der Waals surface area contributed by atoms with Crippen molar-refractivity contribution < 1.29 is 19.4 Å². The number of nitrogens with zero attached hydrogens (tertiary/aromatic N) is 2. The van der Waals surface area contributed by atoms with Gasteiger partial charge in [-0.1, -0.05) is 24.3 Å². The van der Waals surface area contributed by atoms with Gasteiger partial charge >= 0.3 is 5.97 Å². The predicted molar refractivity (Wildman–Crippen MR) is 100 cm³/mol. The Morgan fingerprint density at radius 2 is 2.07 bits per heavy atom. The summed E-state index contributed by atoms with van der Waals surface area (Å²) in [7, 11) is 1.46. The van der Waals surface area contributed by atoms with Gasteiger partial charge in [-0.25, -0.2) is 9.78 Å². The highest BCUT2D eigenvalue weighted by atomic mass is 16.5. The van der Waals surface area contributed by atoms with E-state index in [0.717, 1.165) is 11.0 Å². The molecule has 7 heteroatoms. The van der Waals surface area contributed by atoms with Gasteiger partial charge in [0.2, 0.25) is 0 Å². The predicted octanol–water partition coefficient (Wildman–Crippen LogP) is 3.49. The zero-order valence-corrected chi connectivity index (χ0v) is 14.8. The second-order valence-corrected chi connectivity index (χ2v) is 5.75. The standard InChI is InChI=1S/C20H17N3O4/c1-12(20(24)25)27-18-13(6-5-9-17(18)26-2)10-14(11-21)19-22-15-7-3-4-8-16(15)23-19/h3-10,12H,1-2H3,(H,22,23)(H,24,25)/b14-10-. The van der Waals surface area contributed by atoms with Crippen LogP contribution in [0, 0.1) is 11.3 Å². The molecular weight excluding hydrogens is 346 g/mol. The summed E-state index contributed by atoms with van der Waals surface area (Å²) >= 11 is 0. The highest BCUT2D eigenvalue weighted by Gasteiger charge is 2.19. The average molecular weight is 363 g/mol. The molecule has 1 aromatic heterocycles. The van der Waals surface area contributed by atoms with Crippen LogP contribution in [0.3, 0.4) is 0 Å². The molecule has 27 heavy (non-hydrogen) atoms. The summed E-state index contributed by atoms with van der Waals surface area (Å²) in [5, 5.41) is 18.7. The molecule has 2 N–H and O–H groups in total. The molecule has 0 amide bonds. The minimum absolute atomic E-state index is 0.249. The Labute approximate surface area is 155 Å². The van der Waals surface area contributed by atoms with Crippen molar-refractivity contribution in [1.82, 2.24) is 9.97 Å². The number of hydrogen-bond acceptors (Lipinski definition) is 5. The number of rotatable bonds is 6. The van der Waals surface area contributed by atoms with Crippen LogP contribution in [0.5, 0.6) is 11.5 Å². The molecule has 0 fully saturated rings. The van der Waals surface area contributed by atoms with Crippen molar-refractivity contribution in [2.24, 2.45) is 0 Å². The molecule has 0 radical (unpaired) electrons. The van der Waals surface area contributed by atoms with Gasteiger partial charge in [-0.05, 0) is 31.2 Å². The molecule has 7 nitrogen and oxygen atoms in total. The third-order valence-corrected chi connectivity index (χ3v) is 3.94. The Balaban J connectivity index is 2.08. The number of hydrogen-bond donors (Lipinski definition) is 2. The maximum Gasteiger partial charge on any atom is 0.344 e. The van der Waals surface area contributed by atoms with Crippen LogP contribution in [-0.2, 0) is 4.79 Å². The lowest BCUT2D eigenvalue weighted by Crippen LogP contribution is -2.23. The molecule has 1 atom stereocenters. The Kier molecular flexibility index (Phi) is 5.08. The largest absolute Gasteiger partial charge is 0.493 e. The molecule has 0 aliphatic rings. The number of nitriles is 1. The van der Waals surface area contributed by atoms with E-state index in [1.54, 1.807) is 24.3 Å². The first kappa shape index (κ1) is 18.0. The monoisotopic (exact) mass is 363 g/mol. The first-order valence-corrected chi connectivity index (χ1v) is 8.17. The molecule has 0 saturated carbocycles. The van der Waals surface area contributed by atoms with Gasteiger partial charge < -0.3 is 19.6 Å². The minimum Gasteiger partial charge on any atom is -0.493 e. The fourth-order valence-corrected chi connectivity index (χ4v) is 2.55. The summed E-state index contributed by atoms with van der Waals surface area (Å²) in [6.07, 6.45) is 0.509. The van der Waals surface area contributed by atoms with E-state index in [1.165, 1.54) is 14.0 Å². The van der Waals surface area contributed by atoms with Gasteiger partial charge in [-0.2, -0.15) is 5.26 Å². The fraction of sp³-hybridized carbons (Fsp3) is 0.150. The summed E-state index contributed by atoms with van der Waals surface area (Å²) in [6, 6.07) is 14.7. The number of methoxy groups -OCH3 is 1. The van der Waals surface area contributed by atoms with E-state index in [2.05, 4.69) is 16.0 Å². The van der Waals surface area contributed by atoms with Crippen molar-refractivity contribution in [3.63, 3.8) is 0 Å². The lowest BCUT2D eigenvalue weighted by Gasteiger charge is -2.16. The smallest absolute Gasteiger partial charge is 0.344 e. The van der Waals surface area contributed by atoms with E-state index >= 15 is 0 Å². The Hall–Kier alpha value is -3.79. The first-order chi connectivity index (χ1) is 13.0. The van der Waals surface area contributed by atoms with Gasteiger partial charge in [0.15, 0.2) is 17.6 Å². The second-order valence-electron chi connectivity index (χ2n) is 5.75. The molecule has 136 valence electrons. The van der Waals surface area contributed by atoms with Gasteiger partial charge in [0, 0.05) is 5.56 Å². The molecule has 3 aromatic rings. The maximum atomic E-state index is 11.2. The molecule has 0 aliphatic heterocycles. The van der Waals surface area contributed by atoms with E-state index in [4.69, 9.17) is 14.6 Å². The van der Waals surface area contributed by atoms with E-state index < -0.39 is 12.1 Å². The van der Waals surface area contributed by atoms with E-state index in [-0.39, 0.29) is 11.3 Å². The number of imidazole rings is 1. The van der Waals surface area contributed by atoms with Crippen molar-refractivity contribution in [2.75, 3.05) is 7.11 Å². The first-order valence-electron chi connectivity index (χ1n) is 8.17. The van der Waals surface area contributed by atoms with Crippen molar-refractivity contribution in [1.29, 1.82) is 5.26 Å². The number of benzene rings is 2. The highest BCUT2D eigenvalue weighted by Crippen LogP contribution is 2.34. The molecule has 3 rings (SSSR count). The SMILES string of the molecule is COc1cccc(/C=C(/C#N)c2nc3ccccc3[nH]2)c1OC(C)C(=O)O. The number of allylic oxidation sites excluding steroid dienone is 1. The third kappa shape index (κ3) is 3.75. The summed E-state index contributed by atoms with van der Waals surface area (Å²) < 4.78 is 10.8. The normalized spacial score (nSPS) is 12.4. The summed E-state index contributed by atoms with van der Waals surface area (Å²) in [4.78, 5) is 18.7. The number of nitrogens with one attached hydrogen (secondary N) is 1. The van der Waals surface area contributed by atoms with Crippen molar-refractivity contribution in [3.8, 4) is 17.6 Å². The summed E-state index contributed by atoms with van der Waals surface area (Å²) in [6.45, 7) is 1.42. The number of H-pyrrole nitrogens is 1. The summed E-state index contributed by atoms with van der Waals surface area (Å²) in [5.74, 6) is -0.0649. The Morgan fingerprint density at radius 3 is 2.74 bits per heavy atom. The Bertz CT molecular complexity index is 1030. The number of aliphatic carboxylic acids is 1. The zero-order chi connectivity index (χ0) is 19.4. The van der Waals surface area contributed by atoms with Crippen molar-refractivity contribution in [2.45, 2.75) is 13.0 Å². The van der Waals surface area contributed by atoms with Crippen LogP contribution in [-0.4, -0.2) is 34.3 Å². The number of ether oxygens (including phenoxy) is 2. The third-order valence-electron chi connectivity index (χ3n) is 3.94. The number of aromatic amines is 1. The minimum atomic E-state index is -1.10. The van der Waals surface area contributed by atoms with Gasteiger partial charge in [0.25, 0.3) is 0 Å². The van der Waals surface area contributed by atoms with E-state index in [1.807, 2.05) is 24.3 Å². The number of para-hydroxylation sites is 3. The second kappa shape index (κ2) is 7.62. The average Bonchev–Trinajstić information content (AvgIpc) is 3.10. The number of carbonyl (C=O) groups is 1. The van der Waals surface area contributed by atoms with Crippen LogP contribution in [0.25, 0.3) is 22.7 Å². The lowest BCUT2D eigenvalue weighted by molar-refractivity contribution is -0.144. The molecule has 0 bridgehead atoms. The quantitative estimate of drug-likeness (QED) is 0.649. The van der Waals surface area contributed by atoms with Crippen molar-refractivity contribution >= 4 is 28.7 Å². The number of carboxylic acids is 1. The molecule has 0 aliphatic carbocycles. The van der Waals surface area contributed by atoms with Crippen LogP contribution >= 0.6 is 0 Å². The number of carboxylic acid groups (broad SMARTS) is 1. The lowest BCUT2D eigenvalue weighted by atomic mass is 10.1. The molecule has 0 saturated heterocycles. The van der Waals surface area contributed by atoms with Gasteiger partial charge in [0.1, 0.15) is 11.9 Å². The van der Waals surface area contributed by atoms with E-state index in [9.17, 15) is 10.1 Å². The number of fused-ring (bicyclic) bond motifs is 1. The fourth-order valence-electron chi connectivity index (χ4n) is 2.55. The molecule has 2 aromatic carbocycles. The van der Waals surface area contributed by atoms with Crippen LogP contribution in [0.2, 0.25) is 0 Å². The van der Waals surface area contributed by atoms with Gasteiger partial charge in [0.05, 0.1) is 23.7 Å². The highest BCUT2D eigenvalue weighted by molar-refractivity contribution is 5.91. The maximum absolute atomic E-state index is 11.2. The van der Waals surface area contributed by atoms with Crippen LogP contribution in [0.4, 0.5) is 0 Å². The van der Waals surface area contributed by atoms with Gasteiger partial charge in [-0.15, -0.1) is 0 Å². The van der Waals surface area contributed by atoms with Crippen molar-refractivity contribution in [3.05, 3.63) is 53.9 Å². The summed E-state index contributed by atoms with van der Waals surface area (Å²) in [5.41, 5.74) is 2.36. The van der Waals surface area contributed by atoms with Crippen LogP contribution in [0.15, 0.2) is 42.5 Å². The Morgan fingerprint density at radius 1 is 1.30 bits per heavy atom. The molecule has 0 spiro atoms. The van der Waals surface area contributed by atoms with Crippen LogP contribution in [0.1, 0.15) is 18.3 Å². The van der Waals surface area contributed by atoms with E-state index in [0.29, 0.717) is 17.1 Å². The molecular formula is C20H17N3O4. The molecule has 1 unspecified atom stereocenters.